The molecule has 0 heterocycles. The van der Waals surface area contributed by atoms with Gasteiger partial charge in [-0.25, -0.2) is 0 Å². The molecule has 75 valence electrons. The SMILES string of the molecule is Clc1cc[c]c(OCc2ccccc2)c1. The number of rotatable bonds is 3. The van der Waals surface area contributed by atoms with E-state index < -0.39 is 0 Å². The fourth-order valence-corrected chi connectivity index (χ4v) is 1.40. The lowest BCUT2D eigenvalue weighted by Gasteiger charge is -2.05. The van der Waals surface area contributed by atoms with E-state index in [1.807, 2.05) is 30.3 Å². The van der Waals surface area contributed by atoms with Gasteiger partial charge in [-0.2, -0.15) is 0 Å². The molecule has 2 aromatic rings. The predicted molar refractivity (Wildman–Crippen MR) is 61.1 cm³/mol. The second kappa shape index (κ2) is 4.85. The van der Waals surface area contributed by atoms with Crippen molar-refractivity contribution in [3.63, 3.8) is 0 Å². The maximum Gasteiger partial charge on any atom is 0.129 e. The minimum absolute atomic E-state index is 0.539. The first kappa shape index (κ1) is 10.1. The van der Waals surface area contributed by atoms with Crippen LogP contribution in [0, 0.1) is 6.07 Å². The number of halogens is 1. The Labute approximate surface area is 94.3 Å². The van der Waals surface area contributed by atoms with Gasteiger partial charge in [-0.1, -0.05) is 41.9 Å². The molecule has 2 heteroatoms. The molecular weight excluding hydrogens is 208 g/mol. The molecule has 1 radical (unpaired) electrons. The summed E-state index contributed by atoms with van der Waals surface area (Å²) in [6.07, 6.45) is 0. The average molecular weight is 218 g/mol. The van der Waals surface area contributed by atoms with Gasteiger partial charge in [0.25, 0.3) is 0 Å². The van der Waals surface area contributed by atoms with E-state index in [-0.39, 0.29) is 0 Å². The smallest absolute Gasteiger partial charge is 0.129 e. The second-order valence-corrected chi connectivity index (χ2v) is 3.58. The first-order valence-electron chi connectivity index (χ1n) is 4.68. The quantitative estimate of drug-likeness (QED) is 0.762. The van der Waals surface area contributed by atoms with Crippen molar-refractivity contribution in [1.82, 2.24) is 0 Å². The molecule has 0 N–H and O–H groups in total. The van der Waals surface area contributed by atoms with Crippen molar-refractivity contribution in [2.75, 3.05) is 0 Å². The molecule has 1 nitrogen and oxygen atoms in total. The summed E-state index contributed by atoms with van der Waals surface area (Å²) < 4.78 is 5.53. The standard InChI is InChI=1S/C13H10ClO/c14-12-7-4-8-13(9-12)15-10-11-5-2-1-3-6-11/h1-7,9H,10H2. The molecule has 0 bridgehead atoms. The van der Waals surface area contributed by atoms with Crippen LogP contribution in [0.2, 0.25) is 5.02 Å². The Balaban J connectivity index is 1.99. The van der Waals surface area contributed by atoms with Gasteiger partial charge in [-0.05, 0) is 23.8 Å². The summed E-state index contributed by atoms with van der Waals surface area (Å²) >= 11 is 5.83. The van der Waals surface area contributed by atoms with Crippen LogP contribution in [-0.2, 0) is 6.61 Å². The number of benzene rings is 2. The van der Waals surface area contributed by atoms with Crippen LogP contribution < -0.4 is 4.74 Å². The van der Waals surface area contributed by atoms with Crippen molar-refractivity contribution >= 4 is 11.6 Å². The lowest BCUT2D eigenvalue weighted by atomic mass is 10.2. The Bertz CT molecular complexity index is 426. The maximum absolute atomic E-state index is 5.83. The molecule has 0 unspecified atom stereocenters. The van der Waals surface area contributed by atoms with Gasteiger partial charge in [0.1, 0.15) is 12.4 Å². The van der Waals surface area contributed by atoms with Crippen LogP contribution in [0.5, 0.6) is 5.75 Å². The number of ether oxygens (including phenoxy) is 1. The Hall–Kier alpha value is -1.47. The summed E-state index contributed by atoms with van der Waals surface area (Å²) in [6.45, 7) is 0.539. The molecule has 0 atom stereocenters. The molecule has 0 saturated carbocycles. The summed E-state index contributed by atoms with van der Waals surface area (Å²) in [6, 6.07) is 18.2. The number of hydrogen-bond donors (Lipinski definition) is 0. The third-order valence-corrected chi connectivity index (χ3v) is 2.21. The van der Waals surface area contributed by atoms with E-state index in [4.69, 9.17) is 16.3 Å². The van der Waals surface area contributed by atoms with Crippen molar-refractivity contribution in [3.05, 3.63) is 65.2 Å². The molecule has 0 fully saturated rings. The zero-order valence-corrected chi connectivity index (χ0v) is 8.87. The molecule has 2 aromatic carbocycles. The minimum atomic E-state index is 0.539. The maximum atomic E-state index is 5.83. The summed E-state index contributed by atoms with van der Waals surface area (Å²) in [4.78, 5) is 0. The van der Waals surface area contributed by atoms with Crippen molar-refractivity contribution in [1.29, 1.82) is 0 Å². The largest absolute Gasteiger partial charge is 0.488 e. The van der Waals surface area contributed by atoms with Crippen LogP contribution in [0.25, 0.3) is 0 Å². The molecule has 0 aliphatic heterocycles. The van der Waals surface area contributed by atoms with Gasteiger partial charge in [0, 0.05) is 11.1 Å². The summed E-state index contributed by atoms with van der Waals surface area (Å²) in [5.41, 5.74) is 1.13. The highest BCUT2D eigenvalue weighted by molar-refractivity contribution is 6.30. The Morgan fingerprint density at radius 1 is 1.13 bits per heavy atom. The lowest BCUT2D eigenvalue weighted by Crippen LogP contribution is -1.94. The zero-order valence-electron chi connectivity index (χ0n) is 8.11. The van der Waals surface area contributed by atoms with Gasteiger partial charge in [0.15, 0.2) is 0 Å². The van der Waals surface area contributed by atoms with Crippen LogP contribution in [0.1, 0.15) is 5.56 Å². The molecule has 0 aliphatic carbocycles. The highest BCUT2D eigenvalue weighted by Crippen LogP contribution is 2.17. The molecule has 2 rings (SSSR count). The van der Waals surface area contributed by atoms with E-state index in [1.54, 1.807) is 18.2 Å². The Morgan fingerprint density at radius 2 is 1.93 bits per heavy atom. The normalized spacial score (nSPS) is 9.93. The van der Waals surface area contributed by atoms with Gasteiger partial charge in [-0.15, -0.1) is 0 Å². The Kier molecular flexibility index (Phi) is 3.25. The highest BCUT2D eigenvalue weighted by atomic mass is 35.5. The third-order valence-electron chi connectivity index (χ3n) is 1.97. The van der Waals surface area contributed by atoms with Crippen LogP contribution in [0.4, 0.5) is 0 Å². The molecule has 15 heavy (non-hydrogen) atoms. The van der Waals surface area contributed by atoms with E-state index in [1.165, 1.54) is 0 Å². The van der Waals surface area contributed by atoms with Crippen molar-refractivity contribution < 1.29 is 4.74 Å². The van der Waals surface area contributed by atoms with Crippen LogP contribution >= 0.6 is 11.6 Å². The van der Waals surface area contributed by atoms with Crippen molar-refractivity contribution in [2.24, 2.45) is 0 Å². The molecule has 0 saturated heterocycles. The second-order valence-electron chi connectivity index (χ2n) is 3.15. The summed E-state index contributed by atoms with van der Waals surface area (Å²) in [5.74, 6) is 0.673. The first-order valence-corrected chi connectivity index (χ1v) is 5.06. The van der Waals surface area contributed by atoms with E-state index in [0.717, 1.165) is 5.56 Å². The van der Waals surface area contributed by atoms with Crippen molar-refractivity contribution in [2.45, 2.75) is 6.61 Å². The number of hydrogen-bond acceptors (Lipinski definition) is 1. The molecule has 0 spiro atoms. The van der Waals surface area contributed by atoms with E-state index >= 15 is 0 Å². The van der Waals surface area contributed by atoms with Gasteiger partial charge in [0.2, 0.25) is 0 Å². The topological polar surface area (TPSA) is 9.23 Å². The summed E-state index contributed by atoms with van der Waals surface area (Å²) in [7, 11) is 0. The average Bonchev–Trinajstić information content (AvgIpc) is 2.28. The van der Waals surface area contributed by atoms with Crippen molar-refractivity contribution in [3.8, 4) is 5.75 Å². The van der Waals surface area contributed by atoms with Gasteiger partial charge >= 0.3 is 0 Å². The fourth-order valence-electron chi connectivity index (χ4n) is 1.24. The van der Waals surface area contributed by atoms with Gasteiger partial charge in [0.05, 0.1) is 0 Å². The molecule has 0 aliphatic rings. The molecule has 0 amide bonds. The predicted octanol–water partition coefficient (Wildman–Crippen LogP) is 3.72. The lowest BCUT2D eigenvalue weighted by molar-refractivity contribution is 0.305. The van der Waals surface area contributed by atoms with Gasteiger partial charge in [-0.3, -0.25) is 0 Å². The van der Waals surface area contributed by atoms with E-state index in [2.05, 4.69) is 6.07 Å². The van der Waals surface area contributed by atoms with Crippen LogP contribution in [0.3, 0.4) is 0 Å². The van der Waals surface area contributed by atoms with Gasteiger partial charge < -0.3 is 4.74 Å². The van der Waals surface area contributed by atoms with Crippen LogP contribution in [-0.4, -0.2) is 0 Å². The fraction of sp³-hybridized carbons (Fsp3) is 0.0769. The molecule has 0 aromatic heterocycles. The minimum Gasteiger partial charge on any atom is -0.488 e. The monoisotopic (exact) mass is 217 g/mol. The van der Waals surface area contributed by atoms with E-state index in [0.29, 0.717) is 17.4 Å². The van der Waals surface area contributed by atoms with Crippen LogP contribution in [0.15, 0.2) is 48.5 Å². The highest BCUT2D eigenvalue weighted by Gasteiger charge is 1.96. The third kappa shape index (κ3) is 3.00. The molecular formula is C13H10ClO. The van der Waals surface area contributed by atoms with E-state index in [9.17, 15) is 0 Å². The summed E-state index contributed by atoms with van der Waals surface area (Å²) in [5, 5.41) is 0.664. The first-order chi connectivity index (χ1) is 7.34. The zero-order chi connectivity index (χ0) is 10.5. The Morgan fingerprint density at radius 3 is 2.67 bits per heavy atom.